The number of nitrogens with one attached hydrogen (secondary N) is 1. The van der Waals surface area contributed by atoms with Gasteiger partial charge >= 0.3 is 0 Å². The van der Waals surface area contributed by atoms with Gasteiger partial charge in [-0.3, -0.25) is 4.57 Å². The van der Waals surface area contributed by atoms with Crippen molar-refractivity contribution >= 4 is 24.4 Å². The van der Waals surface area contributed by atoms with E-state index in [4.69, 9.17) is 34.7 Å². The number of azide groups is 1. The van der Waals surface area contributed by atoms with Crippen LogP contribution in [0.1, 0.15) is 6.23 Å². The first-order valence-electron chi connectivity index (χ1n) is 5.48. The minimum atomic E-state index is -1.96. The van der Waals surface area contributed by atoms with Gasteiger partial charge in [0, 0.05) is 11.1 Å². The van der Waals surface area contributed by atoms with Gasteiger partial charge in [-0.1, -0.05) is 17.3 Å². The summed E-state index contributed by atoms with van der Waals surface area (Å²) in [6.45, 7) is -0.790. The summed E-state index contributed by atoms with van der Waals surface area (Å²) in [6, 6.07) is 1.51. The molecule has 1 aromatic rings. The van der Waals surface area contributed by atoms with Crippen LogP contribution in [-0.4, -0.2) is 49.4 Å². The largest absolute Gasteiger partial charge is 0.393 e. The summed E-state index contributed by atoms with van der Waals surface area (Å²) in [5, 5.41) is 32.5. The molecule has 11 heteroatoms. The smallest absolute Gasteiger partial charge is 0.200 e. The highest BCUT2D eigenvalue weighted by atomic mass is 32.1. The van der Waals surface area contributed by atoms with Gasteiger partial charge in [0.05, 0.1) is 6.61 Å². The molecule has 0 bridgehead atoms. The second kappa shape index (κ2) is 5.58. The van der Waals surface area contributed by atoms with Crippen LogP contribution in [0, 0.1) is 9.41 Å². The van der Waals surface area contributed by atoms with Gasteiger partial charge in [-0.05, 0) is 23.8 Å². The number of nitrogens with zero attached hydrogens (tertiary/aromatic N) is 4. The normalized spacial score (nSPS) is 32.9. The molecule has 0 spiro atoms. The zero-order chi connectivity index (χ0) is 14.9. The van der Waals surface area contributed by atoms with E-state index in [1.807, 2.05) is 0 Å². The fraction of sp³-hybridized carbons (Fsp3) is 0.556. The van der Waals surface area contributed by atoms with E-state index in [0.29, 0.717) is 4.64 Å². The monoisotopic (exact) mass is 317 g/mol. The third kappa shape index (κ3) is 2.36. The van der Waals surface area contributed by atoms with Gasteiger partial charge in [-0.25, -0.2) is 0 Å². The van der Waals surface area contributed by atoms with Crippen molar-refractivity contribution in [3.05, 3.63) is 32.1 Å². The van der Waals surface area contributed by atoms with Gasteiger partial charge < -0.3 is 25.0 Å². The minimum absolute atomic E-state index is 0.156. The highest BCUT2D eigenvalue weighted by Gasteiger charge is 2.54. The van der Waals surface area contributed by atoms with E-state index in [9.17, 15) is 15.3 Å². The molecule has 0 aromatic carbocycles. The lowest BCUT2D eigenvalue weighted by Crippen LogP contribution is -2.44. The maximum atomic E-state index is 10.0. The summed E-state index contributed by atoms with van der Waals surface area (Å²) in [7, 11) is 0. The van der Waals surface area contributed by atoms with E-state index < -0.39 is 30.8 Å². The lowest BCUT2D eigenvalue weighted by molar-refractivity contribution is -0.124. The van der Waals surface area contributed by atoms with Gasteiger partial charge in [0.2, 0.25) is 5.72 Å². The van der Waals surface area contributed by atoms with Crippen LogP contribution in [0.5, 0.6) is 0 Å². The Kier molecular flexibility index (Phi) is 4.20. The standard InChI is InChI=1S/C9H11N5O4S2/c10-13-12-9(3-15)6(17)5(16)7(18-9)14-2-1-4(19)11-8(14)20/h1-2,5-7,15-17H,3H2,(H,11,19,20)/t5-,6?,7+,9+/m0/s1. The molecule has 0 aliphatic carbocycles. The predicted molar refractivity (Wildman–Crippen MR) is 71.5 cm³/mol. The van der Waals surface area contributed by atoms with Crippen LogP contribution in [0.15, 0.2) is 17.4 Å². The molecule has 108 valence electrons. The molecule has 0 amide bonds. The molecule has 4 N–H and O–H groups in total. The number of aromatic nitrogens is 2. The number of hydrogen-bond donors (Lipinski definition) is 4. The van der Waals surface area contributed by atoms with Crippen molar-refractivity contribution in [3.63, 3.8) is 0 Å². The Morgan fingerprint density at radius 2 is 2.25 bits per heavy atom. The molecule has 9 nitrogen and oxygen atoms in total. The maximum absolute atomic E-state index is 10.0. The summed E-state index contributed by atoms with van der Waals surface area (Å²) < 4.78 is 7.20. The molecule has 1 aliphatic heterocycles. The van der Waals surface area contributed by atoms with Crippen molar-refractivity contribution in [1.82, 2.24) is 9.55 Å². The van der Waals surface area contributed by atoms with Crippen molar-refractivity contribution in [1.29, 1.82) is 0 Å². The zero-order valence-corrected chi connectivity index (χ0v) is 11.6. The molecule has 2 rings (SSSR count). The molecule has 1 aliphatic rings. The van der Waals surface area contributed by atoms with Crippen molar-refractivity contribution in [2.75, 3.05) is 6.61 Å². The predicted octanol–water partition coefficient (Wildman–Crippen LogP) is 0.525. The summed E-state index contributed by atoms with van der Waals surface area (Å²) in [4.78, 5) is 5.20. The summed E-state index contributed by atoms with van der Waals surface area (Å²) in [5.74, 6) is 0. The van der Waals surface area contributed by atoms with E-state index in [0.717, 1.165) is 0 Å². The van der Waals surface area contributed by atoms with Gasteiger partial charge in [0.25, 0.3) is 0 Å². The van der Waals surface area contributed by atoms with Gasteiger partial charge in [-0.2, -0.15) is 0 Å². The van der Waals surface area contributed by atoms with E-state index in [1.165, 1.54) is 16.8 Å². The van der Waals surface area contributed by atoms with Gasteiger partial charge in [0.1, 0.15) is 16.8 Å². The first-order chi connectivity index (χ1) is 9.45. The number of aromatic amines is 1. The molecule has 0 saturated carbocycles. The molecule has 1 unspecified atom stereocenters. The number of H-pyrrole nitrogens is 1. The Bertz CT molecular complexity index is 669. The average Bonchev–Trinajstić information content (AvgIpc) is 2.65. The summed E-state index contributed by atoms with van der Waals surface area (Å²) >= 11 is 9.95. The van der Waals surface area contributed by atoms with Crippen LogP contribution in [0.2, 0.25) is 0 Å². The molecular formula is C9H11N5O4S2. The van der Waals surface area contributed by atoms with Crippen molar-refractivity contribution in [2.45, 2.75) is 24.2 Å². The maximum Gasteiger partial charge on any atom is 0.200 e. The Morgan fingerprint density at radius 1 is 1.55 bits per heavy atom. The molecule has 1 aromatic heterocycles. The van der Waals surface area contributed by atoms with Crippen LogP contribution < -0.4 is 0 Å². The third-order valence-corrected chi connectivity index (χ3v) is 3.52. The second-order valence-electron chi connectivity index (χ2n) is 4.15. The first kappa shape index (κ1) is 15.1. The summed E-state index contributed by atoms with van der Waals surface area (Å²) in [6.07, 6.45) is -2.70. The van der Waals surface area contributed by atoms with E-state index in [2.05, 4.69) is 15.0 Å². The van der Waals surface area contributed by atoms with Crippen LogP contribution in [0.3, 0.4) is 0 Å². The summed E-state index contributed by atoms with van der Waals surface area (Å²) in [5.41, 5.74) is 6.54. The number of rotatable bonds is 3. The van der Waals surface area contributed by atoms with Gasteiger partial charge in [0.15, 0.2) is 11.0 Å². The van der Waals surface area contributed by atoms with Crippen LogP contribution >= 0.6 is 24.4 Å². The zero-order valence-electron chi connectivity index (χ0n) is 9.95. The van der Waals surface area contributed by atoms with Crippen LogP contribution in [-0.2, 0) is 4.74 Å². The Morgan fingerprint density at radius 3 is 2.80 bits per heavy atom. The minimum Gasteiger partial charge on any atom is -0.393 e. The second-order valence-corrected chi connectivity index (χ2v) is 4.98. The highest BCUT2D eigenvalue weighted by molar-refractivity contribution is 7.72. The SMILES string of the molecule is [N-]=[N+]=N[C@]1(CO)O[C@@H](n2ccc(=S)[nH]c2=S)[C@@H](O)C1O. The quantitative estimate of drug-likeness (QED) is 0.277. The van der Waals surface area contributed by atoms with E-state index in [1.54, 1.807) is 0 Å². The van der Waals surface area contributed by atoms with E-state index >= 15 is 0 Å². The Labute approximate surface area is 122 Å². The van der Waals surface area contributed by atoms with Crippen LogP contribution in [0.25, 0.3) is 10.4 Å². The molecule has 2 heterocycles. The Hall–Kier alpha value is -1.33. The van der Waals surface area contributed by atoms with Crippen molar-refractivity contribution in [3.8, 4) is 0 Å². The number of hydrogen-bond acceptors (Lipinski definition) is 7. The molecule has 0 radical (unpaired) electrons. The molecule has 20 heavy (non-hydrogen) atoms. The molecule has 1 fully saturated rings. The first-order valence-corrected chi connectivity index (χ1v) is 6.29. The lowest BCUT2D eigenvalue weighted by atomic mass is 10.1. The Balaban J connectivity index is 2.47. The number of aliphatic hydroxyl groups is 3. The topological polar surface area (TPSA) is 139 Å². The van der Waals surface area contributed by atoms with E-state index in [-0.39, 0.29) is 4.77 Å². The average molecular weight is 317 g/mol. The van der Waals surface area contributed by atoms with Gasteiger partial charge in [-0.15, -0.1) is 0 Å². The molecule has 4 atom stereocenters. The molecular weight excluding hydrogens is 306 g/mol. The fourth-order valence-electron chi connectivity index (χ4n) is 1.94. The van der Waals surface area contributed by atoms with Crippen LogP contribution in [0.4, 0.5) is 0 Å². The van der Waals surface area contributed by atoms with Crippen molar-refractivity contribution < 1.29 is 20.1 Å². The fourth-order valence-corrected chi connectivity index (χ4v) is 2.44. The molecule has 1 saturated heterocycles. The highest BCUT2D eigenvalue weighted by Crippen LogP contribution is 2.38. The lowest BCUT2D eigenvalue weighted by Gasteiger charge is -2.23. The number of ether oxygens (including phenoxy) is 1. The third-order valence-electron chi connectivity index (χ3n) is 2.97. The van der Waals surface area contributed by atoms with Crippen molar-refractivity contribution in [2.24, 2.45) is 5.11 Å². The number of aliphatic hydroxyl groups excluding tert-OH is 3.